The van der Waals surface area contributed by atoms with Crippen molar-refractivity contribution in [3.8, 4) is 17.2 Å². The van der Waals surface area contributed by atoms with Gasteiger partial charge >= 0.3 is 5.97 Å². The molecule has 2 aromatic carbocycles. The molecule has 0 amide bonds. The lowest BCUT2D eigenvalue weighted by Crippen LogP contribution is -2.29. The van der Waals surface area contributed by atoms with Crippen LogP contribution in [0.4, 0.5) is 5.69 Å². The summed E-state index contributed by atoms with van der Waals surface area (Å²) in [7, 11) is 0. The molecule has 0 unspecified atom stereocenters. The molecule has 2 atom stereocenters. The van der Waals surface area contributed by atoms with E-state index in [1.54, 1.807) is 18.3 Å². The largest absolute Gasteiger partial charge is 0.478 e. The molecule has 2 aliphatic rings. The van der Waals surface area contributed by atoms with E-state index < -0.39 is 5.97 Å². The van der Waals surface area contributed by atoms with Crippen LogP contribution in [0.3, 0.4) is 0 Å². The summed E-state index contributed by atoms with van der Waals surface area (Å²) in [6, 6.07) is 20.3. The Labute approximate surface area is 219 Å². The van der Waals surface area contributed by atoms with Crippen LogP contribution in [0.5, 0.6) is 11.5 Å². The van der Waals surface area contributed by atoms with Gasteiger partial charge in [0.2, 0.25) is 6.79 Å². The zero-order valence-corrected chi connectivity index (χ0v) is 21.0. The van der Waals surface area contributed by atoms with Gasteiger partial charge in [-0.15, -0.1) is 0 Å². The third kappa shape index (κ3) is 3.79. The number of aryl methyl sites for hydroxylation is 1. The number of para-hydroxylation sites is 1. The first-order valence-corrected chi connectivity index (χ1v) is 12.3. The van der Waals surface area contributed by atoms with E-state index in [0.29, 0.717) is 22.3 Å². The summed E-state index contributed by atoms with van der Waals surface area (Å²) in [5, 5.41) is 13.9. The molecule has 2 aromatic heterocycles. The van der Waals surface area contributed by atoms with Crippen LogP contribution >= 0.6 is 12.2 Å². The Kier molecular flexibility index (Phi) is 5.57. The molecule has 4 aromatic rings. The number of benzene rings is 2. The first-order valence-electron chi connectivity index (χ1n) is 11.9. The fourth-order valence-corrected chi connectivity index (χ4v) is 5.64. The summed E-state index contributed by atoms with van der Waals surface area (Å²) in [5.41, 5.74) is 5.44. The van der Waals surface area contributed by atoms with Crippen molar-refractivity contribution < 1.29 is 19.4 Å². The molecule has 0 spiro atoms. The van der Waals surface area contributed by atoms with E-state index in [9.17, 15) is 9.90 Å². The van der Waals surface area contributed by atoms with Gasteiger partial charge in [-0.1, -0.05) is 18.2 Å². The van der Waals surface area contributed by atoms with Gasteiger partial charge in [0.15, 0.2) is 16.6 Å². The molecule has 2 N–H and O–H groups in total. The van der Waals surface area contributed by atoms with Gasteiger partial charge < -0.3 is 29.4 Å². The molecule has 0 aliphatic carbocycles. The Hall–Kier alpha value is -4.37. The van der Waals surface area contributed by atoms with E-state index in [0.717, 1.165) is 28.3 Å². The normalized spacial score (nSPS) is 18.2. The maximum Gasteiger partial charge on any atom is 0.337 e. The first kappa shape index (κ1) is 23.1. The number of nitrogens with one attached hydrogen (secondary N) is 1. The van der Waals surface area contributed by atoms with Gasteiger partial charge in [0.25, 0.3) is 0 Å². The Balaban J connectivity index is 1.53. The number of aromatic carboxylic acids is 1. The van der Waals surface area contributed by atoms with Crippen molar-refractivity contribution in [2.75, 3.05) is 11.7 Å². The first-order chi connectivity index (χ1) is 17.9. The van der Waals surface area contributed by atoms with Crippen LogP contribution in [0, 0.1) is 13.8 Å². The Morgan fingerprint density at radius 1 is 1.05 bits per heavy atom. The van der Waals surface area contributed by atoms with Gasteiger partial charge in [0, 0.05) is 29.3 Å². The van der Waals surface area contributed by atoms with Gasteiger partial charge in [0.1, 0.15) is 0 Å². The van der Waals surface area contributed by atoms with Gasteiger partial charge in [-0.3, -0.25) is 4.98 Å². The third-order valence-corrected chi connectivity index (χ3v) is 7.21. The number of thiocarbonyl (C=S) groups is 1. The molecular formula is C28H24N4O4S. The monoisotopic (exact) mass is 512 g/mol. The number of fused-ring (bicyclic) bond motifs is 1. The minimum Gasteiger partial charge on any atom is -0.478 e. The van der Waals surface area contributed by atoms with Crippen molar-refractivity contribution >= 4 is 29.0 Å². The third-order valence-electron chi connectivity index (χ3n) is 6.90. The molecule has 0 saturated carbocycles. The van der Waals surface area contributed by atoms with E-state index in [1.807, 2.05) is 66.9 Å². The number of pyridine rings is 1. The van der Waals surface area contributed by atoms with E-state index in [-0.39, 0.29) is 24.4 Å². The Morgan fingerprint density at radius 2 is 1.84 bits per heavy atom. The van der Waals surface area contributed by atoms with Gasteiger partial charge in [-0.05, 0) is 74.1 Å². The number of nitrogens with zero attached hydrogens (tertiary/aromatic N) is 3. The van der Waals surface area contributed by atoms with Crippen LogP contribution in [-0.4, -0.2) is 32.5 Å². The number of hydrogen-bond donors (Lipinski definition) is 2. The number of carbonyl (C=O) groups is 1. The lowest BCUT2D eigenvalue weighted by atomic mass is 9.96. The molecular weight excluding hydrogens is 488 g/mol. The maximum atomic E-state index is 12.0. The number of carboxylic acids is 1. The Bertz CT molecular complexity index is 1530. The zero-order chi connectivity index (χ0) is 25.7. The summed E-state index contributed by atoms with van der Waals surface area (Å²) in [4.78, 5) is 18.7. The van der Waals surface area contributed by atoms with Gasteiger partial charge in [-0.25, -0.2) is 4.79 Å². The second-order valence-corrected chi connectivity index (χ2v) is 9.41. The molecule has 2 aliphatic heterocycles. The van der Waals surface area contributed by atoms with Crippen molar-refractivity contribution in [1.82, 2.24) is 14.9 Å². The fourth-order valence-electron chi connectivity index (χ4n) is 5.29. The van der Waals surface area contributed by atoms with Crippen molar-refractivity contribution in [3.63, 3.8) is 0 Å². The number of hydrogen-bond acceptors (Lipinski definition) is 5. The minimum atomic E-state index is -0.971. The number of anilines is 1. The summed E-state index contributed by atoms with van der Waals surface area (Å²) in [6.45, 7) is 4.18. The highest BCUT2D eigenvalue weighted by Crippen LogP contribution is 2.46. The molecule has 0 radical (unpaired) electrons. The summed E-state index contributed by atoms with van der Waals surface area (Å²) < 4.78 is 13.1. The maximum absolute atomic E-state index is 12.0. The second-order valence-electron chi connectivity index (χ2n) is 9.02. The van der Waals surface area contributed by atoms with Gasteiger partial charge in [0.05, 0.1) is 29.0 Å². The van der Waals surface area contributed by atoms with Gasteiger partial charge in [-0.2, -0.15) is 0 Å². The number of carboxylic acid groups (broad SMARTS) is 1. The highest BCUT2D eigenvalue weighted by Gasteiger charge is 2.42. The quantitative estimate of drug-likeness (QED) is 0.358. The van der Waals surface area contributed by atoms with Crippen molar-refractivity contribution in [3.05, 3.63) is 101 Å². The van der Waals surface area contributed by atoms with E-state index in [2.05, 4.69) is 21.3 Å². The number of ether oxygens (including phenoxy) is 2. The molecule has 37 heavy (non-hydrogen) atoms. The molecule has 0 bridgehead atoms. The van der Waals surface area contributed by atoms with E-state index in [4.69, 9.17) is 21.7 Å². The average Bonchev–Trinajstić information content (AvgIpc) is 3.59. The summed E-state index contributed by atoms with van der Waals surface area (Å²) in [5.74, 6) is 0.394. The van der Waals surface area contributed by atoms with Crippen molar-refractivity contribution in [1.29, 1.82) is 0 Å². The highest BCUT2D eigenvalue weighted by molar-refractivity contribution is 7.80. The molecule has 6 rings (SSSR count). The lowest BCUT2D eigenvalue weighted by Gasteiger charge is -2.28. The smallest absolute Gasteiger partial charge is 0.337 e. The predicted octanol–water partition coefficient (Wildman–Crippen LogP) is 5.09. The van der Waals surface area contributed by atoms with E-state index in [1.165, 1.54) is 0 Å². The highest BCUT2D eigenvalue weighted by atomic mass is 32.1. The molecule has 8 nitrogen and oxygen atoms in total. The standard InChI is InChI=1S/C28H24N4O4S/c1-16-13-20(17(2)31(16)22-9-4-3-7-19(22)27(33)34)26-25(21-8-5-6-12-29-21)30-28(37)32(26)18-10-11-23-24(14-18)36-15-35-23/h3-14,25-26H,15H2,1-2H3,(H,30,37)(H,33,34)/t25-,26+/m0/s1. The van der Waals surface area contributed by atoms with E-state index >= 15 is 0 Å². The van der Waals surface area contributed by atoms with Crippen molar-refractivity contribution in [2.24, 2.45) is 0 Å². The lowest BCUT2D eigenvalue weighted by molar-refractivity contribution is 0.0697. The van der Waals surface area contributed by atoms with Crippen molar-refractivity contribution in [2.45, 2.75) is 25.9 Å². The summed E-state index contributed by atoms with van der Waals surface area (Å²) in [6.07, 6.45) is 1.77. The zero-order valence-electron chi connectivity index (χ0n) is 20.2. The van der Waals surface area contributed by atoms with Crippen LogP contribution in [-0.2, 0) is 0 Å². The van der Waals surface area contributed by atoms with Crippen LogP contribution in [0.15, 0.2) is 72.9 Å². The number of aromatic nitrogens is 2. The molecule has 4 heterocycles. The van der Waals surface area contributed by atoms with Crippen LogP contribution in [0.1, 0.15) is 45.1 Å². The molecule has 1 saturated heterocycles. The topological polar surface area (TPSA) is 88.9 Å². The average molecular weight is 513 g/mol. The number of rotatable bonds is 5. The van der Waals surface area contributed by atoms with Crippen LogP contribution in [0.25, 0.3) is 5.69 Å². The predicted molar refractivity (Wildman–Crippen MR) is 143 cm³/mol. The van der Waals surface area contributed by atoms with Crippen LogP contribution < -0.4 is 19.7 Å². The van der Waals surface area contributed by atoms with Crippen LogP contribution in [0.2, 0.25) is 0 Å². The molecule has 9 heteroatoms. The SMILES string of the molecule is Cc1cc([C@@H]2[C@H](c3ccccn3)NC(=S)N2c2ccc3c(c2)OCO3)c(C)n1-c1ccccc1C(=O)O. The molecule has 186 valence electrons. The minimum absolute atomic E-state index is 0.186. The second kappa shape index (κ2) is 8.94. The fraction of sp³-hybridized carbons (Fsp3) is 0.179. The Morgan fingerprint density at radius 3 is 2.62 bits per heavy atom. The molecule has 1 fully saturated rings. The summed E-state index contributed by atoms with van der Waals surface area (Å²) >= 11 is 5.87.